The zero-order valence-corrected chi connectivity index (χ0v) is 10.5. The van der Waals surface area contributed by atoms with Crippen LogP contribution in [0.3, 0.4) is 0 Å². The van der Waals surface area contributed by atoms with Crippen molar-refractivity contribution in [3.05, 3.63) is 22.4 Å². The summed E-state index contributed by atoms with van der Waals surface area (Å²) < 4.78 is 7.61. The molecule has 90 valence electrons. The summed E-state index contributed by atoms with van der Waals surface area (Å²) in [5.41, 5.74) is 2.52. The maximum Gasteiger partial charge on any atom is 0.198 e. The lowest BCUT2D eigenvalue weighted by Gasteiger charge is -2.10. The molecular weight excluding hydrogens is 240 g/mol. The predicted octanol–water partition coefficient (Wildman–Crippen LogP) is 2.25. The van der Waals surface area contributed by atoms with Gasteiger partial charge in [0, 0.05) is 12.3 Å². The van der Waals surface area contributed by atoms with Crippen LogP contribution in [-0.4, -0.2) is 26.2 Å². The standard InChI is InChI=1S/C11H13ClN4O/c1-6-7(2)16-10(8-4-3-5-17-8)14-15-11(16)9(12)13-6/h8H,3-5H2,1-2H3. The highest BCUT2D eigenvalue weighted by Crippen LogP contribution is 2.29. The summed E-state index contributed by atoms with van der Waals surface area (Å²) in [4.78, 5) is 4.24. The maximum absolute atomic E-state index is 6.08. The molecule has 0 saturated carbocycles. The first-order valence-corrected chi connectivity index (χ1v) is 6.05. The molecule has 5 nitrogen and oxygen atoms in total. The van der Waals surface area contributed by atoms with Crippen molar-refractivity contribution in [1.29, 1.82) is 0 Å². The van der Waals surface area contributed by atoms with Crippen LogP contribution < -0.4 is 0 Å². The molecule has 0 N–H and O–H groups in total. The number of fused-ring (bicyclic) bond motifs is 1. The Morgan fingerprint density at radius 2 is 2.18 bits per heavy atom. The Labute approximate surface area is 104 Å². The van der Waals surface area contributed by atoms with Crippen LogP contribution in [0.2, 0.25) is 5.15 Å². The quantitative estimate of drug-likeness (QED) is 0.781. The van der Waals surface area contributed by atoms with E-state index >= 15 is 0 Å². The Bertz CT molecular complexity index is 574. The Morgan fingerprint density at radius 1 is 1.35 bits per heavy atom. The number of aromatic nitrogens is 4. The van der Waals surface area contributed by atoms with Crippen molar-refractivity contribution in [2.45, 2.75) is 32.8 Å². The SMILES string of the molecule is Cc1nc(Cl)c2nnc(C3CCCO3)n2c1C. The smallest absolute Gasteiger partial charge is 0.198 e. The molecule has 1 fully saturated rings. The average Bonchev–Trinajstić information content (AvgIpc) is 2.94. The first-order valence-electron chi connectivity index (χ1n) is 5.68. The largest absolute Gasteiger partial charge is 0.370 e. The summed E-state index contributed by atoms with van der Waals surface area (Å²) in [6, 6.07) is 0. The van der Waals surface area contributed by atoms with Gasteiger partial charge in [0.2, 0.25) is 0 Å². The van der Waals surface area contributed by atoms with E-state index in [4.69, 9.17) is 16.3 Å². The van der Waals surface area contributed by atoms with E-state index in [2.05, 4.69) is 15.2 Å². The molecule has 1 unspecified atom stereocenters. The Hall–Kier alpha value is -1.20. The van der Waals surface area contributed by atoms with Gasteiger partial charge < -0.3 is 4.74 Å². The molecule has 17 heavy (non-hydrogen) atoms. The molecule has 0 radical (unpaired) electrons. The van der Waals surface area contributed by atoms with Crippen molar-refractivity contribution < 1.29 is 4.74 Å². The zero-order valence-electron chi connectivity index (χ0n) is 9.77. The molecule has 1 atom stereocenters. The van der Waals surface area contributed by atoms with Gasteiger partial charge in [-0.25, -0.2) is 4.98 Å². The number of ether oxygens (including phenoxy) is 1. The van der Waals surface area contributed by atoms with Crippen LogP contribution >= 0.6 is 11.6 Å². The van der Waals surface area contributed by atoms with Gasteiger partial charge in [0.15, 0.2) is 16.6 Å². The summed E-state index contributed by atoms with van der Waals surface area (Å²) in [7, 11) is 0. The van der Waals surface area contributed by atoms with Crippen LogP contribution in [0.25, 0.3) is 5.65 Å². The van der Waals surface area contributed by atoms with Crippen molar-refractivity contribution in [3.63, 3.8) is 0 Å². The average molecular weight is 253 g/mol. The third-order valence-electron chi connectivity index (χ3n) is 3.22. The predicted molar refractivity (Wildman–Crippen MR) is 63.2 cm³/mol. The van der Waals surface area contributed by atoms with E-state index in [0.29, 0.717) is 10.8 Å². The molecule has 3 rings (SSSR count). The Kier molecular flexibility index (Phi) is 2.52. The van der Waals surface area contributed by atoms with Gasteiger partial charge in [-0.3, -0.25) is 4.40 Å². The van der Waals surface area contributed by atoms with Crippen molar-refractivity contribution in [3.8, 4) is 0 Å². The van der Waals surface area contributed by atoms with Gasteiger partial charge in [-0.2, -0.15) is 0 Å². The molecule has 0 aliphatic carbocycles. The van der Waals surface area contributed by atoms with Crippen LogP contribution in [0.15, 0.2) is 0 Å². The first-order chi connectivity index (χ1) is 8.18. The minimum Gasteiger partial charge on any atom is -0.370 e. The van der Waals surface area contributed by atoms with Crippen molar-refractivity contribution in [2.24, 2.45) is 0 Å². The second-order valence-electron chi connectivity index (χ2n) is 4.29. The number of nitrogens with zero attached hydrogens (tertiary/aromatic N) is 4. The number of hydrogen-bond acceptors (Lipinski definition) is 4. The minimum atomic E-state index is 0.0292. The number of aryl methyl sites for hydroxylation is 2. The number of rotatable bonds is 1. The molecular formula is C11H13ClN4O. The van der Waals surface area contributed by atoms with E-state index < -0.39 is 0 Å². The highest BCUT2D eigenvalue weighted by atomic mass is 35.5. The van der Waals surface area contributed by atoms with E-state index in [0.717, 1.165) is 36.7 Å². The second kappa shape index (κ2) is 3.92. The fourth-order valence-electron chi connectivity index (χ4n) is 2.19. The lowest BCUT2D eigenvalue weighted by Crippen LogP contribution is -2.07. The molecule has 0 amide bonds. The third kappa shape index (κ3) is 1.61. The van der Waals surface area contributed by atoms with Gasteiger partial charge in [0.05, 0.1) is 5.69 Å². The molecule has 6 heteroatoms. The number of halogens is 1. The van der Waals surface area contributed by atoms with Gasteiger partial charge >= 0.3 is 0 Å². The fourth-order valence-corrected chi connectivity index (χ4v) is 2.44. The highest BCUT2D eigenvalue weighted by molar-refractivity contribution is 6.32. The van der Waals surface area contributed by atoms with Gasteiger partial charge in [0.1, 0.15) is 6.10 Å². The van der Waals surface area contributed by atoms with E-state index in [9.17, 15) is 0 Å². The molecule has 2 aromatic rings. The Morgan fingerprint density at radius 3 is 2.88 bits per heavy atom. The van der Waals surface area contributed by atoms with Gasteiger partial charge in [-0.05, 0) is 26.7 Å². The van der Waals surface area contributed by atoms with Crippen LogP contribution in [0.1, 0.15) is 36.2 Å². The normalized spacial score (nSPS) is 20.3. The van der Waals surface area contributed by atoms with Crippen molar-refractivity contribution in [1.82, 2.24) is 19.6 Å². The molecule has 0 bridgehead atoms. The monoisotopic (exact) mass is 252 g/mol. The summed E-state index contributed by atoms with van der Waals surface area (Å²) in [6.07, 6.45) is 2.08. The van der Waals surface area contributed by atoms with E-state index in [1.807, 2.05) is 18.2 Å². The van der Waals surface area contributed by atoms with Crippen LogP contribution in [0.5, 0.6) is 0 Å². The van der Waals surface area contributed by atoms with E-state index in [-0.39, 0.29) is 6.10 Å². The van der Waals surface area contributed by atoms with Crippen molar-refractivity contribution in [2.75, 3.05) is 6.61 Å². The van der Waals surface area contributed by atoms with Crippen LogP contribution in [0.4, 0.5) is 0 Å². The van der Waals surface area contributed by atoms with Crippen molar-refractivity contribution >= 4 is 17.2 Å². The topological polar surface area (TPSA) is 52.3 Å². The number of hydrogen-bond donors (Lipinski definition) is 0. The maximum atomic E-state index is 6.08. The lowest BCUT2D eigenvalue weighted by molar-refractivity contribution is 0.104. The molecule has 0 aromatic carbocycles. The highest BCUT2D eigenvalue weighted by Gasteiger charge is 2.25. The summed E-state index contributed by atoms with van der Waals surface area (Å²) in [5.74, 6) is 0.836. The second-order valence-corrected chi connectivity index (χ2v) is 4.65. The molecule has 1 aliphatic rings. The zero-order chi connectivity index (χ0) is 12.0. The van der Waals surface area contributed by atoms with Crippen LogP contribution in [0, 0.1) is 13.8 Å². The Balaban J connectivity index is 2.26. The third-order valence-corrected chi connectivity index (χ3v) is 3.47. The molecule has 1 aliphatic heterocycles. The summed E-state index contributed by atoms with van der Waals surface area (Å²) in [6.45, 7) is 4.71. The van der Waals surface area contributed by atoms with E-state index in [1.54, 1.807) is 0 Å². The molecule has 2 aromatic heterocycles. The van der Waals surface area contributed by atoms with Crippen LogP contribution in [-0.2, 0) is 4.74 Å². The van der Waals surface area contributed by atoms with Gasteiger partial charge in [-0.1, -0.05) is 11.6 Å². The summed E-state index contributed by atoms with van der Waals surface area (Å²) >= 11 is 6.08. The summed E-state index contributed by atoms with van der Waals surface area (Å²) in [5, 5.41) is 8.70. The molecule has 0 spiro atoms. The molecule has 1 saturated heterocycles. The first kappa shape index (κ1) is 10.9. The fraction of sp³-hybridized carbons (Fsp3) is 0.545. The van der Waals surface area contributed by atoms with Gasteiger partial charge in [-0.15, -0.1) is 10.2 Å². The lowest BCUT2D eigenvalue weighted by atomic mass is 10.2. The molecule has 3 heterocycles. The minimum absolute atomic E-state index is 0.0292. The van der Waals surface area contributed by atoms with Gasteiger partial charge in [0.25, 0.3) is 0 Å². The van der Waals surface area contributed by atoms with E-state index in [1.165, 1.54) is 0 Å².